The molecule has 6 heavy (non-hydrogen) atoms. The lowest BCUT2D eigenvalue weighted by molar-refractivity contribution is 0.659. The standard InChI is InChI=1S/C5H10I/c1-5(2)3-4-6/h4-5H,3H2,1-2H3. The van der Waals surface area contributed by atoms with Gasteiger partial charge in [0.05, 0.1) is 0 Å². The van der Waals surface area contributed by atoms with Crippen molar-refractivity contribution in [3.63, 3.8) is 0 Å². The van der Waals surface area contributed by atoms with Crippen LogP contribution in [0, 0.1) is 10.3 Å². The summed E-state index contributed by atoms with van der Waals surface area (Å²) in [6, 6.07) is 0. The summed E-state index contributed by atoms with van der Waals surface area (Å²) in [7, 11) is 0. The third-order valence-corrected chi connectivity index (χ3v) is 1.07. The molecule has 0 spiro atoms. The second-order valence-corrected chi connectivity index (χ2v) is 2.66. The molecule has 0 aromatic carbocycles. The Morgan fingerprint density at radius 1 is 1.67 bits per heavy atom. The molecule has 0 unspecified atom stereocenters. The van der Waals surface area contributed by atoms with E-state index >= 15 is 0 Å². The SMILES string of the molecule is CC(C)C[CH]I. The lowest BCUT2D eigenvalue weighted by Gasteiger charge is -1.94. The van der Waals surface area contributed by atoms with Crippen molar-refractivity contribution in [1.82, 2.24) is 0 Å². The second-order valence-electron chi connectivity index (χ2n) is 1.78. The van der Waals surface area contributed by atoms with Crippen LogP contribution in [0.2, 0.25) is 0 Å². The summed E-state index contributed by atoms with van der Waals surface area (Å²) >= 11 is 2.28. The van der Waals surface area contributed by atoms with E-state index in [1.807, 2.05) is 0 Å². The van der Waals surface area contributed by atoms with Gasteiger partial charge in [0.2, 0.25) is 0 Å². The van der Waals surface area contributed by atoms with Crippen LogP contribution >= 0.6 is 22.6 Å². The zero-order valence-electron chi connectivity index (χ0n) is 4.24. The molecular weight excluding hydrogens is 187 g/mol. The van der Waals surface area contributed by atoms with Crippen LogP contribution in [0.1, 0.15) is 20.3 Å². The zero-order valence-corrected chi connectivity index (χ0v) is 6.40. The Morgan fingerprint density at radius 2 is 2.17 bits per heavy atom. The molecule has 0 amide bonds. The molecule has 37 valence electrons. The Kier molecular flexibility index (Phi) is 4.38. The van der Waals surface area contributed by atoms with E-state index in [0.29, 0.717) is 0 Å². The fourth-order valence-electron chi connectivity index (χ4n) is 0.178. The normalized spacial score (nSPS) is 10.0. The van der Waals surface area contributed by atoms with Crippen LogP contribution in [0.5, 0.6) is 0 Å². The number of hydrogen-bond donors (Lipinski definition) is 0. The number of hydrogen-bond acceptors (Lipinski definition) is 0. The van der Waals surface area contributed by atoms with Gasteiger partial charge in [-0.15, -0.1) is 0 Å². The van der Waals surface area contributed by atoms with E-state index in [-0.39, 0.29) is 0 Å². The largest absolute Gasteiger partial charge is 0.0815 e. The number of halogens is 1. The Labute approximate surface area is 53.5 Å². The van der Waals surface area contributed by atoms with Crippen LogP contribution in [-0.2, 0) is 0 Å². The first kappa shape index (κ1) is 6.73. The molecule has 0 atom stereocenters. The average molecular weight is 197 g/mol. The van der Waals surface area contributed by atoms with Gasteiger partial charge in [0.1, 0.15) is 0 Å². The third kappa shape index (κ3) is 4.73. The van der Waals surface area contributed by atoms with Crippen LogP contribution in [0.3, 0.4) is 0 Å². The maximum absolute atomic E-state index is 2.28. The molecule has 0 heterocycles. The highest BCUT2D eigenvalue weighted by atomic mass is 127. The monoisotopic (exact) mass is 197 g/mol. The van der Waals surface area contributed by atoms with Crippen molar-refractivity contribution in [1.29, 1.82) is 0 Å². The van der Waals surface area contributed by atoms with Gasteiger partial charge in [0, 0.05) is 4.43 Å². The molecule has 1 heteroatoms. The van der Waals surface area contributed by atoms with Gasteiger partial charge >= 0.3 is 0 Å². The van der Waals surface area contributed by atoms with Gasteiger partial charge in [-0.2, -0.15) is 0 Å². The first-order valence-electron chi connectivity index (χ1n) is 2.19. The molecule has 0 saturated heterocycles. The predicted molar refractivity (Wildman–Crippen MR) is 37.8 cm³/mol. The highest BCUT2D eigenvalue weighted by molar-refractivity contribution is 14.1. The summed E-state index contributed by atoms with van der Waals surface area (Å²) in [5, 5.41) is 0. The van der Waals surface area contributed by atoms with E-state index in [9.17, 15) is 0 Å². The highest BCUT2D eigenvalue weighted by Gasteiger charge is 1.87. The van der Waals surface area contributed by atoms with E-state index in [1.54, 1.807) is 0 Å². The summed E-state index contributed by atoms with van der Waals surface area (Å²) in [6.07, 6.45) is 1.24. The summed E-state index contributed by atoms with van der Waals surface area (Å²) in [4.78, 5) is 0. The van der Waals surface area contributed by atoms with E-state index in [1.165, 1.54) is 6.42 Å². The molecule has 1 radical (unpaired) electrons. The van der Waals surface area contributed by atoms with E-state index in [2.05, 4.69) is 40.9 Å². The molecule has 0 N–H and O–H groups in total. The van der Waals surface area contributed by atoms with Crippen molar-refractivity contribution in [2.75, 3.05) is 0 Å². The van der Waals surface area contributed by atoms with Crippen molar-refractivity contribution in [2.45, 2.75) is 20.3 Å². The lowest BCUT2D eigenvalue weighted by atomic mass is 10.2. The maximum Gasteiger partial charge on any atom is 0.0230 e. The summed E-state index contributed by atoms with van der Waals surface area (Å²) in [5.74, 6) is 0.835. The minimum Gasteiger partial charge on any atom is -0.0815 e. The Hall–Kier alpha value is 0.730. The lowest BCUT2D eigenvalue weighted by Crippen LogP contribution is -1.80. The van der Waals surface area contributed by atoms with E-state index in [0.717, 1.165) is 5.92 Å². The van der Waals surface area contributed by atoms with Crippen molar-refractivity contribution in [3.05, 3.63) is 4.43 Å². The molecule has 0 rings (SSSR count). The first-order chi connectivity index (χ1) is 2.77. The van der Waals surface area contributed by atoms with Crippen molar-refractivity contribution >= 4 is 22.6 Å². The second kappa shape index (κ2) is 3.90. The van der Waals surface area contributed by atoms with Gasteiger partial charge in [-0.25, -0.2) is 0 Å². The third-order valence-electron chi connectivity index (χ3n) is 0.560. The molecule has 0 aliphatic carbocycles. The maximum atomic E-state index is 2.28. The molecule has 0 aliphatic heterocycles. The number of rotatable bonds is 2. The Morgan fingerprint density at radius 3 is 2.17 bits per heavy atom. The van der Waals surface area contributed by atoms with Crippen LogP contribution in [0.15, 0.2) is 0 Å². The van der Waals surface area contributed by atoms with Gasteiger partial charge < -0.3 is 0 Å². The summed E-state index contributed by atoms with van der Waals surface area (Å²) in [5.41, 5.74) is 0. The molecule has 0 aromatic rings. The highest BCUT2D eigenvalue weighted by Crippen LogP contribution is 2.05. The van der Waals surface area contributed by atoms with Gasteiger partial charge in [-0.3, -0.25) is 0 Å². The predicted octanol–water partition coefficient (Wildman–Crippen LogP) is 2.63. The molecule has 0 nitrogen and oxygen atoms in total. The van der Waals surface area contributed by atoms with Crippen LogP contribution < -0.4 is 0 Å². The molecular formula is C5H10I. The minimum atomic E-state index is 0.835. The van der Waals surface area contributed by atoms with E-state index < -0.39 is 0 Å². The van der Waals surface area contributed by atoms with Crippen LogP contribution in [-0.4, -0.2) is 0 Å². The van der Waals surface area contributed by atoms with Crippen molar-refractivity contribution in [3.8, 4) is 0 Å². The fourth-order valence-corrected chi connectivity index (χ4v) is 1.20. The fraction of sp³-hybridized carbons (Fsp3) is 0.800. The summed E-state index contributed by atoms with van der Waals surface area (Å²) < 4.78 is 2.17. The van der Waals surface area contributed by atoms with Gasteiger partial charge in [0.15, 0.2) is 0 Å². The first-order valence-corrected chi connectivity index (χ1v) is 3.44. The molecule has 0 saturated carbocycles. The Balaban J connectivity index is 2.63. The molecule has 0 fully saturated rings. The average Bonchev–Trinajstić information content (AvgIpc) is 1.35. The van der Waals surface area contributed by atoms with Crippen LogP contribution in [0.4, 0.5) is 0 Å². The van der Waals surface area contributed by atoms with Gasteiger partial charge in [0.25, 0.3) is 0 Å². The van der Waals surface area contributed by atoms with E-state index in [4.69, 9.17) is 0 Å². The van der Waals surface area contributed by atoms with Gasteiger partial charge in [-0.05, 0) is 12.3 Å². The quantitative estimate of drug-likeness (QED) is 0.597. The van der Waals surface area contributed by atoms with Crippen molar-refractivity contribution < 1.29 is 0 Å². The summed E-state index contributed by atoms with van der Waals surface area (Å²) in [6.45, 7) is 4.43. The molecule has 0 bridgehead atoms. The topological polar surface area (TPSA) is 0 Å². The Bertz CT molecular complexity index is 25.1. The zero-order chi connectivity index (χ0) is 4.99. The van der Waals surface area contributed by atoms with Crippen molar-refractivity contribution in [2.24, 2.45) is 5.92 Å². The van der Waals surface area contributed by atoms with Gasteiger partial charge in [-0.1, -0.05) is 36.4 Å². The van der Waals surface area contributed by atoms with Crippen LogP contribution in [0.25, 0.3) is 0 Å². The molecule has 0 aromatic heterocycles. The smallest absolute Gasteiger partial charge is 0.0230 e. The molecule has 0 aliphatic rings. The minimum absolute atomic E-state index is 0.835.